The number of hydrogen-bond acceptors (Lipinski definition) is 5. The molecule has 2 aromatic heterocycles. The highest BCUT2D eigenvalue weighted by Crippen LogP contribution is 2.33. The number of fused-ring (bicyclic) bond motifs is 1. The van der Waals surface area contributed by atoms with Crippen molar-refractivity contribution in [2.24, 2.45) is 7.05 Å². The van der Waals surface area contributed by atoms with Crippen LogP contribution in [0.3, 0.4) is 0 Å². The first-order valence-electron chi connectivity index (χ1n) is 11.3. The molecule has 0 saturated heterocycles. The normalized spacial score (nSPS) is 11.8. The molecule has 7 heteroatoms. The first-order chi connectivity index (χ1) is 16.8. The van der Waals surface area contributed by atoms with E-state index in [-0.39, 0.29) is 17.5 Å². The fourth-order valence-corrected chi connectivity index (χ4v) is 4.23. The van der Waals surface area contributed by atoms with Crippen molar-refractivity contribution in [2.45, 2.75) is 19.9 Å². The second-order valence-electron chi connectivity index (χ2n) is 8.59. The van der Waals surface area contributed by atoms with Crippen molar-refractivity contribution in [3.8, 4) is 22.6 Å². The van der Waals surface area contributed by atoms with Crippen molar-refractivity contribution >= 4 is 16.8 Å². The Hall–Kier alpha value is -4.13. The molecule has 0 N–H and O–H groups in total. The van der Waals surface area contributed by atoms with Crippen molar-refractivity contribution in [3.05, 3.63) is 88.0 Å². The number of aryl methyl sites for hydroxylation is 1. The Kier molecular flexibility index (Phi) is 6.60. The minimum absolute atomic E-state index is 0.278. The molecule has 0 aliphatic carbocycles. The van der Waals surface area contributed by atoms with E-state index in [2.05, 4.69) is 4.98 Å². The van der Waals surface area contributed by atoms with Crippen LogP contribution in [0.25, 0.3) is 22.0 Å². The summed E-state index contributed by atoms with van der Waals surface area (Å²) < 4.78 is 12.2. The molecular formula is C28H29N3O4. The Labute approximate surface area is 204 Å². The predicted octanol–water partition coefficient (Wildman–Crippen LogP) is 4.76. The lowest BCUT2D eigenvalue weighted by Crippen LogP contribution is -2.35. The number of amides is 1. The van der Waals surface area contributed by atoms with Crippen LogP contribution in [0.15, 0.2) is 65.6 Å². The van der Waals surface area contributed by atoms with Crippen LogP contribution < -0.4 is 15.0 Å². The van der Waals surface area contributed by atoms with Gasteiger partial charge in [-0.1, -0.05) is 35.9 Å². The summed E-state index contributed by atoms with van der Waals surface area (Å²) in [6.07, 6.45) is 1.59. The fraction of sp³-hybridized carbons (Fsp3) is 0.250. The molecule has 1 amide bonds. The van der Waals surface area contributed by atoms with Gasteiger partial charge in [0.2, 0.25) is 0 Å². The van der Waals surface area contributed by atoms with Crippen molar-refractivity contribution in [1.29, 1.82) is 0 Å². The zero-order chi connectivity index (χ0) is 25.3. The van der Waals surface area contributed by atoms with E-state index >= 15 is 0 Å². The molecule has 7 nitrogen and oxygen atoms in total. The van der Waals surface area contributed by atoms with E-state index in [1.807, 2.05) is 56.3 Å². The van der Waals surface area contributed by atoms with Crippen molar-refractivity contribution < 1.29 is 14.3 Å². The van der Waals surface area contributed by atoms with Gasteiger partial charge in [0, 0.05) is 37.3 Å². The number of benzene rings is 2. The minimum atomic E-state index is -0.322. The first kappa shape index (κ1) is 24.0. The molecule has 180 valence electrons. The summed E-state index contributed by atoms with van der Waals surface area (Å²) in [5.74, 6) is 0.994. The highest BCUT2D eigenvalue weighted by atomic mass is 16.5. The van der Waals surface area contributed by atoms with Gasteiger partial charge in [0.1, 0.15) is 22.7 Å². The number of rotatable bonds is 6. The molecule has 2 heterocycles. The highest BCUT2D eigenvalue weighted by molar-refractivity contribution is 6.07. The maximum absolute atomic E-state index is 14.0. The smallest absolute Gasteiger partial charge is 0.277 e. The number of methoxy groups -OCH3 is 2. The summed E-state index contributed by atoms with van der Waals surface area (Å²) >= 11 is 0. The molecule has 1 atom stereocenters. The second-order valence-corrected chi connectivity index (χ2v) is 8.59. The molecule has 0 aliphatic rings. The number of aromatic nitrogens is 2. The van der Waals surface area contributed by atoms with Crippen molar-refractivity contribution in [1.82, 2.24) is 14.5 Å². The fourth-order valence-electron chi connectivity index (χ4n) is 4.23. The van der Waals surface area contributed by atoms with Gasteiger partial charge in [-0.25, -0.2) is 0 Å². The number of hydrogen-bond donors (Lipinski definition) is 0. The van der Waals surface area contributed by atoms with Gasteiger partial charge in [0.25, 0.3) is 11.5 Å². The van der Waals surface area contributed by atoms with Gasteiger partial charge < -0.3 is 18.9 Å². The summed E-state index contributed by atoms with van der Waals surface area (Å²) in [5, 5.41) is 0.645. The van der Waals surface area contributed by atoms with E-state index in [0.717, 1.165) is 16.7 Å². The molecular weight excluding hydrogens is 442 g/mol. The number of nitrogens with zero attached hydrogens (tertiary/aromatic N) is 3. The summed E-state index contributed by atoms with van der Waals surface area (Å²) in [6.45, 7) is 3.94. The Balaban J connectivity index is 1.90. The zero-order valence-corrected chi connectivity index (χ0v) is 20.8. The third-order valence-corrected chi connectivity index (χ3v) is 6.46. The van der Waals surface area contributed by atoms with E-state index in [0.29, 0.717) is 33.7 Å². The lowest BCUT2D eigenvalue weighted by atomic mass is 9.96. The second kappa shape index (κ2) is 9.62. The molecule has 2 aromatic carbocycles. The Morgan fingerprint density at radius 1 is 1.03 bits per heavy atom. The van der Waals surface area contributed by atoms with Crippen LogP contribution in [-0.2, 0) is 7.05 Å². The molecule has 0 spiro atoms. The molecule has 0 bridgehead atoms. The maximum atomic E-state index is 14.0. The zero-order valence-electron chi connectivity index (χ0n) is 20.8. The van der Waals surface area contributed by atoms with Crippen LogP contribution in [0, 0.1) is 6.92 Å². The van der Waals surface area contributed by atoms with Crippen LogP contribution in [0.1, 0.15) is 34.6 Å². The summed E-state index contributed by atoms with van der Waals surface area (Å²) in [4.78, 5) is 33.2. The topological polar surface area (TPSA) is 73.7 Å². The lowest BCUT2D eigenvalue weighted by molar-refractivity contribution is 0.0732. The van der Waals surface area contributed by atoms with Crippen LogP contribution >= 0.6 is 0 Å². The number of carbonyl (C=O) groups is 1. The predicted molar refractivity (Wildman–Crippen MR) is 137 cm³/mol. The minimum Gasteiger partial charge on any atom is -0.497 e. The third-order valence-electron chi connectivity index (χ3n) is 6.46. The van der Waals surface area contributed by atoms with Gasteiger partial charge in [-0.05, 0) is 43.2 Å². The number of pyridine rings is 2. The standard InChI is InChI=1S/C28H29N3O4/c1-17-9-11-19(12-10-17)24-23-8-7-13-29-25(23)27(32)31(4)26(24)28(33)30(3)18(2)20-14-21(34-5)16-22(15-20)35-6/h7-16,18H,1-6H3. The van der Waals surface area contributed by atoms with Crippen LogP contribution in [0.4, 0.5) is 0 Å². The molecule has 0 aliphatic heterocycles. The Bertz CT molecular complexity index is 1440. The monoisotopic (exact) mass is 471 g/mol. The largest absolute Gasteiger partial charge is 0.497 e. The van der Waals surface area contributed by atoms with Gasteiger partial charge >= 0.3 is 0 Å². The van der Waals surface area contributed by atoms with Crippen molar-refractivity contribution in [3.63, 3.8) is 0 Å². The lowest BCUT2D eigenvalue weighted by Gasteiger charge is -2.28. The van der Waals surface area contributed by atoms with Gasteiger partial charge in [-0.2, -0.15) is 0 Å². The Morgan fingerprint density at radius 3 is 2.26 bits per heavy atom. The summed E-state index contributed by atoms with van der Waals surface area (Å²) in [7, 11) is 6.53. The van der Waals surface area contributed by atoms with Gasteiger partial charge in [-0.3, -0.25) is 14.6 Å². The van der Waals surface area contributed by atoms with Gasteiger partial charge in [-0.15, -0.1) is 0 Å². The van der Waals surface area contributed by atoms with E-state index in [4.69, 9.17) is 9.47 Å². The molecule has 0 radical (unpaired) electrons. The first-order valence-corrected chi connectivity index (χ1v) is 11.3. The van der Waals surface area contributed by atoms with E-state index in [9.17, 15) is 9.59 Å². The Morgan fingerprint density at radius 2 is 1.66 bits per heavy atom. The molecule has 0 fully saturated rings. The summed E-state index contributed by atoms with van der Waals surface area (Å²) in [6, 6.07) is 16.8. The average molecular weight is 472 g/mol. The molecule has 4 aromatic rings. The molecule has 1 unspecified atom stereocenters. The van der Waals surface area contributed by atoms with Gasteiger partial charge in [0.05, 0.1) is 20.3 Å². The van der Waals surface area contributed by atoms with Crippen molar-refractivity contribution in [2.75, 3.05) is 21.3 Å². The quantitative estimate of drug-likeness (QED) is 0.405. The van der Waals surface area contributed by atoms with Crippen LogP contribution in [-0.4, -0.2) is 41.6 Å². The molecule has 0 saturated carbocycles. The van der Waals surface area contributed by atoms with Gasteiger partial charge in [0.15, 0.2) is 0 Å². The number of ether oxygens (including phenoxy) is 2. The van der Waals surface area contributed by atoms with Crippen LogP contribution in [0.2, 0.25) is 0 Å². The maximum Gasteiger partial charge on any atom is 0.277 e. The van der Waals surface area contributed by atoms with E-state index in [1.54, 1.807) is 51.5 Å². The third kappa shape index (κ3) is 4.37. The van der Waals surface area contributed by atoms with Crippen LogP contribution in [0.5, 0.6) is 11.5 Å². The highest BCUT2D eigenvalue weighted by Gasteiger charge is 2.27. The van der Waals surface area contributed by atoms with E-state index in [1.165, 1.54) is 4.57 Å². The SMILES string of the molecule is COc1cc(OC)cc(C(C)N(C)C(=O)c2c(-c3ccc(C)cc3)c3cccnc3c(=O)n2C)c1. The summed E-state index contributed by atoms with van der Waals surface area (Å²) in [5.41, 5.74) is 3.80. The number of carbonyl (C=O) groups excluding carboxylic acids is 1. The molecule has 4 rings (SSSR count). The molecule has 35 heavy (non-hydrogen) atoms. The average Bonchev–Trinajstić information content (AvgIpc) is 2.89. The van der Waals surface area contributed by atoms with E-state index < -0.39 is 0 Å².